The fourth-order valence-electron chi connectivity index (χ4n) is 2.36. The lowest BCUT2D eigenvalue weighted by molar-refractivity contribution is -0.128. The van der Waals surface area contributed by atoms with Crippen molar-refractivity contribution < 1.29 is 23.9 Å². The molecule has 0 aromatic heterocycles. The Labute approximate surface area is 152 Å². The fourth-order valence-corrected chi connectivity index (χ4v) is 2.36. The number of carbonyl (C=O) groups excluding carboxylic acids is 3. The molecule has 6 nitrogen and oxygen atoms in total. The van der Waals surface area contributed by atoms with Gasteiger partial charge in [-0.25, -0.2) is 4.79 Å². The third-order valence-electron chi connectivity index (χ3n) is 3.73. The first-order valence-electron chi connectivity index (χ1n) is 8.14. The Bertz CT molecular complexity index is 773. The molecule has 0 aliphatic heterocycles. The lowest BCUT2D eigenvalue weighted by atomic mass is 10.0. The quantitative estimate of drug-likeness (QED) is 0.734. The molecule has 26 heavy (non-hydrogen) atoms. The van der Waals surface area contributed by atoms with Gasteiger partial charge in [-0.3, -0.25) is 9.59 Å². The molecule has 6 heteroatoms. The molecule has 0 fully saturated rings. The van der Waals surface area contributed by atoms with Gasteiger partial charge in [0.05, 0.1) is 18.7 Å². The monoisotopic (exact) mass is 355 g/mol. The highest BCUT2D eigenvalue weighted by molar-refractivity contribution is 5.90. The summed E-state index contributed by atoms with van der Waals surface area (Å²) in [4.78, 5) is 35.4. The molecule has 136 valence electrons. The first-order valence-corrected chi connectivity index (χ1v) is 8.14. The maximum absolute atomic E-state index is 12.1. The second kappa shape index (κ2) is 9.36. The fraction of sp³-hybridized carbons (Fsp3) is 0.250. The van der Waals surface area contributed by atoms with Gasteiger partial charge in [-0.1, -0.05) is 36.4 Å². The van der Waals surface area contributed by atoms with Crippen LogP contribution in [0.25, 0.3) is 0 Å². The van der Waals surface area contributed by atoms with E-state index in [0.29, 0.717) is 17.7 Å². The van der Waals surface area contributed by atoms with E-state index in [1.807, 2.05) is 30.3 Å². The lowest BCUT2D eigenvalue weighted by Crippen LogP contribution is -2.43. The van der Waals surface area contributed by atoms with E-state index in [9.17, 15) is 14.4 Å². The molecule has 2 rings (SSSR count). The summed E-state index contributed by atoms with van der Waals surface area (Å²) in [7, 11) is 1.29. The largest absolute Gasteiger partial charge is 0.484 e. The number of esters is 1. The van der Waals surface area contributed by atoms with Crippen LogP contribution >= 0.6 is 0 Å². The Hall–Kier alpha value is -3.15. The average molecular weight is 355 g/mol. The molecule has 0 bridgehead atoms. The molecular formula is C20H21NO5. The normalized spacial score (nSPS) is 11.3. The summed E-state index contributed by atoms with van der Waals surface area (Å²) in [5.41, 5.74) is 1.29. The van der Waals surface area contributed by atoms with E-state index in [2.05, 4.69) is 10.1 Å². The Morgan fingerprint density at radius 1 is 1.04 bits per heavy atom. The summed E-state index contributed by atoms with van der Waals surface area (Å²) < 4.78 is 10.0. The van der Waals surface area contributed by atoms with Gasteiger partial charge < -0.3 is 14.8 Å². The van der Waals surface area contributed by atoms with Crippen LogP contribution in [0.1, 0.15) is 22.8 Å². The molecule has 0 radical (unpaired) electrons. The van der Waals surface area contributed by atoms with E-state index in [4.69, 9.17) is 4.74 Å². The SMILES string of the molecule is COC(=O)c1cccc(OCC(=O)N[C@H](Cc2ccccc2)C(C)=O)c1. The van der Waals surface area contributed by atoms with Gasteiger partial charge in [-0.2, -0.15) is 0 Å². The average Bonchev–Trinajstić information content (AvgIpc) is 2.66. The van der Waals surface area contributed by atoms with Crippen molar-refractivity contribution in [3.63, 3.8) is 0 Å². The van der Waals surface area contributed by atoms with Crippen LogP contribution in [-0.4, -0.2) is 37.4 Å². The molecule has 0 aliphatic carbocycles. The van der Waals surface area contributed by atoms with Crippen LogP contribution in [-0.2, 0) is 20.7 Å². The minimum atomic E-state index is -0.616. The van der Waals surface area contributed by atoms with Gasteiger partial charge in [-0.15, -0.1) is 0 Å². The number of hydrogen-bond donors (Lipinski definition) is 1. The highest BCUT2D eigenvalue weighted by Gasteiger charge is 2.18. The number of methoxy groups -OCH3 is 1. The number of amides is 1. The molecule has 0 saturated carbocycles. The minimum Gasteiger partial charge on any atom is -0.484 e. The predicted molar refractivity (Wildman–Crippen MR) is 96.0 cm³/mol. The predicted octanol–water partition coefficient (Wildman–Crippen LogP) is 2.17. The van der Waals surface area contributed by atoms with Gasteiger partial charge in [0.25, 0.3) is 5.91 Å². The van der Waals surface area contributed by atoms with E-state index >= 15 is 0 Å². The number of ether oxygens (including phenoxy) is 2. The van der Waals surface area contributed by atoms with Crippen molar-refractivity contribution in [2.45, 2.75) is 19.4 Å². The summed E-state index contributed by atoms with van der Waals surface area (Å²) >= 11 is 0. The van der Waals surface area contributed by atoms with E-state index in [1.165, 1.54) is 20.1 Å². The highest BCUT2D eigenvalue weighted by atomic mass is 16.5. The van der Waals surface area contributed by atoms with Crippen LogP contribution in [0, 0.1) is 0 Å². The minimum absolute atomic E-state index is 0.130. The Morgan fingerprint density at radius 3 is 2.42 bits per heavy atom. The summed E-state index contributed by atoms with van der Waals surface area (Å²) in [6, 6.07) is 15.2. The van der Waals surface area contributed by atoms with E-state index < -0.39 is 17.9 Å². The third kappa shape index (κ3) is 5.73. The van der Waals surface area contributed by atoms with Crippen molar-refractivity contribution in [2.75, 3.05) is 13.7 Å². The smallest absolute Gasteiger partial charge is 0.337 e. The van der Waals surface area contributed by atoms with Crippen LogP contribution in [0.4, 0.5) is 0 Å². The first-order chi connectivity index (χ1) is 12.5. The number of ketones is 1. The van der Waals surface area contributed by atoms with Crippen molar-refractivity contribution in [1.29, 1.82) is 0 Å². The molecular weight excluding hydrogens is 334 g/mol. The molecule has 2 aromatic rings. The highest BCUT2D eigenvalue weighted by Crippen LogP contribution is 2.14. The molecule has 0 aliphatic rings. The second-order valence-electron chi connectivity index (χ2n) is 5.73. The van der Waals surface area contributed by atoms with Gasteiger partial charge in [0.2, 0.25) is 0 Å². The molecule has 0 unspecified atom stereocenters. The zero-order valence-corrected chi connectivity index (χ0v) is 14.7. The summed E-state index contributed by atoms with van der Waals surface area (Å²) in [6.07, 6.45) is 0.416. The van der Waals surface area contributed by atoms with Gasteiger partial charge in [0.15, 0.2) is 12.4 Å². The molecule has 1 amide bonds. The van der Waals surface area contributed by atoms with Gasteiger partial charge in [-0.05, 0) is 37.1 Å². The molecule has 1 atom stereocenters. The molecule has 1 N–H and O–H groups in total. The van der Waals surface area contributed by atoms with E-state index in [-0.39, 0.29) is 12.4 Å². The lowest BCUT2D eigenvalue weighted by Gasteiger charge is -2.16. The Balaban J connectivity index is 1.92. The summed E-state index contributed by atoms with van der Waals surface area (Å²) in [5, 5.41) is 2.68. The van der Waals surface area contributed by atoms with Crippen LogP contribution < -0.4 is 10.1 Å². The van der Waals surface area contributed by atoms with Crippen molar-refractivity contribution >= 4 is 17.7 Å². The topological polar surface area (TPSA) is 81.7 Å². The van der Waals surface area contributed by atoms with Crippen LogP contribution in [0.5, 0.6) is 5.75 Å². The third-order valence-corrected chi connectivity index (χ3v) is 3.73. The van der Waals surface area contributed by atoms with E-state index in [0.717, 1.165) is 5.56 Å². The van der Waals surface area contributed by atoms with Crippen molar-refractivity contribution in [3.8, 4) is 5.75 Å². The van der Waals surface area contributed by atoms with Gasteiger partial charge in [0, 0.05) is 0 Å². The van der Waals surface area contributed by atoms with Crippen molar-refractivity contribution in [2.24, 2.45) is 0 Å². The number of nitrogens with one attached hydrogen (secondary N) is 1. The Morgan fingerprint density at radius 2 is 1.77 bits per heavy atom. The molecule has 0 spiro atoms. The summed E-state index contributed by atoms with van der Waals surface area (Å²) in [5.74, 6) is -0.663. The molecule has 0 heterocycles. The van der Waals surface area contributed by atoms with Gasteiger partial charge >= 0.3 is 5.97 Å². The number of benzene rings is 2. The van der Waals surface area contributed by atoms with Gasteiger partial charge in [0.1, 0.15) is 5.75 Å². The number of Topliss-reactive ketones (excluding diaryl/α,β-unsaturated/α-hetero) is 1. The number of hydrogen-bond acceptors (Lipinski definition) is 5. The zero-order chi connectivity index (χ0) is 18.9. The van der Waals surface area contributed by atoms with E-state index in [1.54, 1.807) is 18.2 Å². The van der Waals surface area contributed by atoms with Crippen molar-refractivity contribution in [1.82, 2.24) is 5.32 Å². The molecule has 2 aromatic carbocycles. The Kier molecular flexibility index (Phi) is 6.91. The van der Waals surface area contributed by atoms with Crippen LogP contribution in [0.3, 0.4) is 0 Å². The van der Waals surface area contributed by atoms with Crippen LogP contribution in [0.2, 0.25) is 0 Å². The standard InChI is InChI=1S/C20H21NO5/c1-14(22)18(11-15-7-4-3-5-8-15)21-19(23)13-26-17-10-6-9-16(12-17)20(24)25-2/h3-10,12,18H,11,13H2,1-2H3,(H,21,23)/t18-/m1/s1. The number of carbonyl (C=O) groups is 3. The first kappa shape index (κ1) is 19.2. The number of rotatable bonds is 8. The second-order valence-corrected chi connectivity index (χ2v) is 5.73. The van der Waals surface area contributed by atoms with Crippen LogP contribution in [0.15, 0.2) is 54.6 Å². The summed E-state index contributed by atoms with van der Waals surface area (Å²) in [6.45, 7) is 1.18. The maximum Gasteiger partial charge on any atom is 0.337 e. The van der Waals surface area contributed by atoms with Crippen molar-refractivity contribution in [3.05, 3.63) is 65.7 Å². The maximum atomic E-state index is 12.1. The molecule has 0 saturated heterocycles. The zero-order valence-electron chi connectivity index (χ0n) is 14.7.